The summed E-state index contributed by atoms with van der Waals surface area (Å²) in [5.74, 6) is 0.894. The fourth-order valence-corrected chi connectivity index (χ4v) is 1.98. The van der Waals surface area contributed by atoms with E-state index in [1.807, 2.05) is 6.07 Å². The number of carbonyl (C=O) groups excluding carboxylic acids is 1. The number of amides is 1. The summed E-state index contributed by atoms with van der Waals surface area (Å²) in [6.45, 7) is 4.12. The van der Waals surface area contributed by atoms with Crippen molar-refractivity contribution in [3.63, 3.8) is 0 Å². The minimum Gasteiger partial charge on any atom is -0.373 e. The average Bonchev–Trinajstić information content (AvgIpc) is 2.53. The summed E-state index contributed by atoms with van der Waals surface area (Å²) in [7, 11) is 3.56. The fourth-order valence-electron chi connectivity index (χ4n) is 1.98. The van der Waals surface area contributed by atoms with Crippen molar-refractivity contribution in [1.29, 1.82) is 0 Å². The molecule has 2 rings (SSSR count). The third-order valence-corrected chi connectivity index (χ3v) is 3.29. The topological polar surface area (TPSA) is 58.1 Å². The quantitative estimate of drug-likeness (QED) is 0.938. The number of hydrogen-bond acceptors (Lipinski definition) is 4. The molecule has 0 saturated heterocycles. The van der Waals surface area contributed by atoms with Gasteiger partial charge in [-0.05, 0) is 30.2 Å². The SMILES string of the molecule is CNc1cc(C(=O)N(C)c2ccncc2)cc(C(C)C)n1. The Kier molecular flexibility index (Phi) is 4.52. The van der Waals surface area contributed by atoms with Crippen LogP contribution in [0.15, 0.2) is 36.7 Å². The number of nitrogens with one attached hydrogen (secondary N) is 1. The Balaban J connectivity index is 2.36. The van der Waals surface area contributed by atoms with Crippen molar-refractivity contribution in [1.82, 2.24) is 9.97 Å². The highest BCUT2D eigenvalue weighted by molar-refractivity contribution is 6.06. The number of anilines is 2. The van der Waals surface area contributed by atoms with Crippen LogP contribution in [0.2, 0.25) is 0 Å². The highest BCUT2D eigenvalue weighted by atomic mass is 16.2. The summed E-state index contributed by atoms with van der Waals surface area (Å²) in [6, 6.07) is 7.24. The molecule has 0 aliphatic carbocycles. The predicted molar refractivity (Wildman–Crippen MR) is 84.8 cm³/mol. The molecule has 5 heteroatoms. The van der Waals surface area contributed by atoms with Crippen LogP contribution in [-0.2, 0) is 0 Å². The van der Waals surface area contributed by atoms with Gasteiger partial charge in [-0.15, -0.1) is 0 Å². The Bertz CT molecular complexity index is 625. The van der Waals surface area contributed by atoms with E-state index >= 15 is 0 Å². The molecule has 1 amide bonds. The highest BCUT2D eigenvalue weighted by Gasteiger charge is 2.16. The van der Waals surface area contributed by atoms with Gasteiger partial charge in [0.25, 0.3) is 5.91 Å². The third kappa shape index (κ3) is 3.37. The number of rotatable bonds is 4. The van der Waals surface area contributed by atoms with Crippen LogP contribution in [0.1, 0.15) is 35.8 Å². The standard InChI is InChI=1S/C16H20N4O/c1-11(2)14-9-12(10-15(17-3)19-14)16(21)20(4)13-5-7-18-8-6-13/h5-11H,1-4H3,(H,17,19). The minimum absolute atomic E-state index is 0.0676. The Morgan fingerprint density at radius 1 is 1.24 bits per heavy atom. The molecule has 110 valence electrons. The number of pyridine rings is 2. The van der Waals surface area contributed by atoms with Gasteiger partial charge in [0, 0.05) is 43.4 Å². The lowest BCUT2D eigenvalue weighted by molar-refractivity contribution is 0.0993. The summed E-state index contributed by atoms with van der Waals surface area (Å²) < 4.78 is 0. The van der Waals surface area contributed by atoms with Gasteiger partial charge in [-0.1, -0.05) is 13.8 Å². The largest absolute Gasteiger partial charge is 0.373 e. The highest BCUT2D eigenvalue weighted by Crippen LogP contribution is 2.20. The molecule has 21 heavy (non-hydrogen) atoms. The van der Waals surface area contributed by atoms with Gasteiger partial charge in [0.15, 0.2) is 0 Å². The molecule has 1 N–H and O–H groups in total. The van der Waals surface area contributed by atoms with Crippen LogP contribution in [-0.4, -0.2) is 30.0 Å². The first-order valence-electron chi connectivity index (χ1n) is 6.90. The van der Waals surface area contributed by atoms with E-state index in [1.165, 1.54) is 0 Å². The van der Waals surface area contributed by atoms with Gasteiger partial charge >= 0.3 is 0 Å². The van der Waals surface area contributed by atoms with Gasteiger partial charge in [-0.3, -0.25) is 9.78 Å². The fraction of sp³-hybridized carbons (Fsp3) is 0.312. The van der Waals surface area contributed by atoms with Crippen molar-refractivity contribution >= 4 is 17.4 Å². The zero-order valence-electron chi connectivity index (χ0n) is 12.8. The van der Waals surface area contributed by atoms with Crippen LogP contribution in [0.5, 0.6) is 0 Å². The van der Waals surface area contributed by atoms with Crippen molar-refractivity contribution in [2.45, 2.75) is 19.8 Å². The number of carbonyl (C=O) groups is 1. The molecule has 0 atom stereocenters. The molecule has 2 aromatic heterocycles. The lowest BCUT2D eigenvalue weighted by atomic mass is 10.1. The lowest BCUT2D eigenvalue weighted by Gasteiger charge is -2.18. The van der Waals surface area contributed by atoms with Gasteiger partial charge in [0.1, 0.15) is 5.82 Å². The van der Waals surface area contributed by atoms with Crippen LogP contribution in [0.25, 0.3) is 0 Å². The lowest BCUT2D eigenvalue weighted by Crippen LogP contribution is -2.26. The maximum absolute atomic E-state index is 12.6. The van der Waals surface area contributed by atoms with Crippen LogP contribution in [0.4, 0.5) is 11.5 Å². The third-order valence-electron chi connectivity index (χ3n) is 3.29. The van der Waals surface area contributed by atoms with E-state index in [0.29, 0.717) is 11.4 Å². The van der Waals surface area contributed by atoms with Crippen LogP contribution in [0.3, 0.4) is 0 Å². The molecule has 0 spiro atoms. The van der Waals surface area contributed by atoms with E-state index in [-0.39, 0.29) is 11.8 Å². The summed E-state index contributed by atoms with van der Waals surface area (Å²) in [5.41, 5.74) is 2.33. The van der Waals surface area contributed by atoms with Crippen molar-refractivity contribution in [3.05, 3.63) is 47.9 Å². The zero-order valence-corrected chi connectivity index (χ0v) is 12.8. The van der Waals surface area contributed by atoms with Crippen molar-refractivity contribution < 1.29 is 4.79 Å². The maximum Gasteiger partial charge on any atom is 0.258 e. The van der Waals surface area contributed by atoms with Gasteiger partial charge < -0.3 is 10.2 Å². The monoisotopic (exact) mass is 284 g/mol. The number of aromatic nitrogens is 2. The van der Waals surface area contributed by atoms with Gasteiger partial charge in [-0.2, -0.15) is 0 Å². The van der Waals surface area contributed by atoms with Crippen LogP contribution in [0, 0.1) is 0 Å². The van der Waals surface area contributed by atoms with Crippen LogP contribution >= 0.6 is 0 Å². The van der Waals surface area contributed by atoms with Gasteiger partial charge in [0.05, 0.1) is 0 Å². The summed E-state index contributed by atoms with van der Waals surface area (Å²) >= 11 is 0. The summed E-state index contributed by atoms with van der Waals surface area (Å²) in [5, 5.41) is 3.00. The van der Waals surface area contributed by atoms with E-state index in [2.05, 4.69) is 29.1 Å². The van der Waals surface area contributed by atoms with Crippen molar-refractivity contribution in [3.8, 4) is 0 Å². The normalized spacial score (nSPS) is 10.5. The maximum atomic E-state index is 12.6. The first-order chi connectivity index (χ1) is 10.0. The first kappa shape index (κ1) is 15.0. The van der Waals surface area contributed by atoms with Gasteiger partial charge in [0.2, 0.25) is 0 Å². The van der Waals surface area contributed by atoms with Crippen molar-refractivity contribution in [2.24, 2.45) is 0 Å². The first-order valence-corrected chi connectivity index (χ1v) is 6.90. The summed E-state index contributed by atoms with van der Waals surface area (Å²) in [4.78, 5) is 22.7. The molecule has 0 saturated carbocycles. The van der Waals surface area contributed by atoms with E-state index < -0.39 is 0 Å². The van der Waals surface area contributed by atoms with E-state index in [9.17, 15) is 4.79 Å². The Morgan fingerprint density at radius 2 is 1.90 bits per heavy atom. The predicted octanol–water partition coefficient (Wildman–Crippen LogP) is 2.92. The molecule has 0 aliphatic rings. The molecule has 2 aromatic rings. The second-order valence-electron chi connectivity index (χ2n) is 5.14. The zero-order chi connectivity index (χ0) is 15.4. The second-order valence-corrected chi connectivity index (χ2v) is 5.14. The molecule has 2 heterocycles. The molecule has 0 unspecified atom stereocenters. The summed E-state index contributed by atoms with van der Waals surface area (Å²) in [6.07, 6.45) is 3.34. The van der Waals surface area contributed by atoms with Crippen molar-refractivity contribution in [2.75, 3.05) is 24.3 Å². The number of nitrogens with zero attached hydrogens (tertiary/aromatic N) is 3. The van der Waals surface area contributed by atoms with E-state index in [0.717, 1.165) is 11.4 Å². The molecule has 0 aromatic carbocycles. The minimum atomic E-state index is -0.0676. The number of hydrogen-bond donors (Lipinski definition) is 1. The molecule has 0 bridgehead atoms. The van der Waals surface area contributed by atoms with E-state index in [4.69, 9.17) is 0 Å². The molecule has 0 radical (unpaired) electrons. The molecule has 0 fully saturated rings. The Hall–Kier alpha value is -2.43. The Morgan fingerprint density at radius 3 is 2.48 bits per heavy atom. The second kappa shape index (κ2) is 6.35. The molecule has 5 nitrogen and oxygen atoms in total. The molecular formula is C16H20N4O. The molecule has 0 aliphatic heterocycles. The van der Waals surface area contributed by atoms with E-state index in [1.54, 1.807) is 49.6 Å². The van der Waals surface area contributed by atoms with Crippen LogP contribution < -0.4 is 10.2 Å². The smallest absolute Gasteiger partial charge is 0.258 e. The Labute approximate surface area is 125 Å². The molecular weight excluding hydrogens is 264 g/mol. The van der Waals surface area contributed by atoms with Gasteiger partial charge in [-0.25, -0.2) is 4.98 Å². The average molecular weight is 284 g/mol.